The van der Waals surface area contributed by atoms with Gasteiger partial charge < -0.3 is 0 Å². The number of fused-ring (bicyclic) bond motifs is 2. The Labute approximate surface area is 168 Å². The van der Waals surface area contributed by atoms with Gasteiger partial charge in [0.1, 0.15) is 5.78 Å². The van der Waals surface area contributed by atoms with Gasteiger partial charge in [-0.25, -0.2) is 0 Å². The molecule has 0 radical (unpaired) electrons. The summed E-state index contributed by atoms with van der Waals surface area (Å²) < 4.78 is 31.0. The Balaban J connectivity index is 0.000000161. The lowest BCUT2D eigenvalue weighted by Crippen LogP contribution is -2.36. The van der Waals surface area contributed by atoms with Crippen LogP contribution in [0.15, 0.2) is 24.4 Å². The van der Waals surface area contributed by atoms with Crippen molar-refractivity contribution in [3.8, 4) is 0 Å². The average molecular weight is 409 g/mol. The Kier molecular flexibility index (Phi) is 6.27. The molecule has 0 spiro atoms. The van der Waals surface area contributed by atoms with Crippen LogP contribution in [-0.2, 0) is 21.5 Å². The highest BCUT2D eigenvalue weighted by Crippen LogP contribution is 2.66. The van der Waals surface area contributed by atoms with Crippen LogP contribution in [0.4, 0.5) is 0 Å². The van der Waals surface area contributed by atoms with Crippen LogP contribution in [0.1, 0.15) is 58.1 Å². The maximum absolute atomic E-state index is 11.0. The van der Waals surface area contributed by atoms with E-state index in [-0.39, 0.29) is 16.6 Å². The van der Waals surface area contributed by atoms with Crippen LogP contribution in [0, 0.1) is 16.7 Å². The van der Waals surface area contributed by atoms with Gasteiger partial charge in [0.2, 0.25) is 0 Å². The fourth-order valence-corrected chi connectivity index (χ4v) is 6.69. The van der Waals surface area contributed by atoms with Crippen molar-refractivity contribution in [2.45, 2.75) is 58.9 Å². The Morgan fingerprint density at radius 3 is 2.29 bits per heavy atom. The quantitative estimate of drug-likeness (QED) is 0.769. The van der Waals surface area contributed by atoms with Gasteiger partial charge >= 0.3 is 0 Å². The molecule has 2 bridgehead atoms. The summed E-state index contributed by atoms with van der Waals surface area (Å²) in [5.41, 5.74) is 1.02. The SMILES string of the molecule is CC1(C)C2CCC1(CS(=O)(=O)O)CC2.O=C1CCN(Cc2ccccn2)CC1. The molecule has 6 nitrogen and oxygen atoms in total. The number of nitrogens with zero attached hydrogens (tertiary/aromatic N) is 2. The summed E-state index contributed by atoms with van der Waals surface area (Å²) in [6, 6.07) is 5.94. The molecule has 2 saturated carbocycles. The highest BCUT2D eigenvalue weighted by Gasteiger charge is 2.59. The van der Waals surface area contributed by atoms with E-state index in [1.807, 2.05) is 24.4 Å². The molecule has 0 unspecified atom stereocenters. The number of piperidine rings is 1. The van der Waals surface area contributed by atoms with Crippen LogP contribution in [0.25, 0.3) is 0 Å². The second kappa shape index (κ2) is 8.20. The molecule has 1 saturated heterocycles. The maximum atomic E-state index is 11.0. The molecule has 7 heteroatoms. The van der Waals surface area contributed by atoms with Crippen molar-refractivity contribution in [3.63, 3.8) is 0 Å². The number of ketones is 1. The van der Waals surface area contributed by atoms with E-state index in [4.69, 9.17) is 4.55 Å². The Hall–Kier alpha value is -1.31. The molecule has 2 aliphatic carbocycles. The van der Waals surface area contributed by atoms with Crippen LogP contribution >= 0.6 is 0 Å². The minimum atomic E-state index is -3.82. The number of Topliss-reactive ketones (excluding diaryl/α,β-unsaturated/α-hetero) is 1. The third-order valence-corrected chi connectivity index (χ3v) is 8.23. The van der Waals surface area contributed by atoms with E-state index >= 15 is 0 Å². The van der Waals surface area contributed by atoms with Crippen molar-refractivity contribution in [2.24, 2.45) is 16.7 Å². The van der Waals surface area contributed by atoms with E-state index < -0.39 is 10.1 Å². The molecule has 0 aromatic carbocycles. The van der Waals surface area contributed by atoms with Gasteiger partial charge in [0.05, 0.1) is 11.4 Å². The fraction of sp³-hybridized carbons (Fsp3) is 0.714. The Morgan fingerprint density at radius 1 is 1.18 bits per heavy atom. The van der Waals surface area contributed by atoms with Crippen molar-refractivity contribution < 1.29 is 17.8 Å². The zero-order valence-electron chi connectivity index (χ0n) is 16.9. The number of carbonyl (C=O) groups excluding carboxylic acids is 1. The number of aromatic nitrogens is 1. The van der Waals surface area contributed by atoms with Gasteiger partial charge in [-0.1, -0.05) is 19.9 Å². The Bertz CT molecular complexity index is 774. The summed E-state index contributed by atoms with van der Waals surface area (Å²) in [5.74, 6) is 1.01. The summed E-state index contributed by atoms with van der Waals surface area (Å²) in [6.07, 6.45) is 7.39. The summed E-state index contributed by atoms with van der Waals surface area (Å²) in [7, 11) is -3.82. The van der Waals surface area contributed by atoms with Crippen molar-refractivity contribution in [1.29, 1.82) is 0 Å². The second-order valence-corrected chi connectivity index (χ2v) is 10.6. The summed E-state index contributed by atoms with van der Waals surface area (Å²) in [6.45, 7) is 6.95. The van der Waals surface area contributed by atoms with Gasteiger partial charge in [0.15, 0.2) is 0 Å². The number of pyridine rings is 1. The molecule has 156 valence electrons. The molecule has 1 aliphatic heterocycles. The lowest BCUT2D eigenvalue weighted by molar-refractivity contribution is -0.121. The van der Waals surface area contributed by atoms with E-state index in [0.29, 0.717) is 24.5 Å². The zero-order chi connectivity index (χ0) is 20.4. The molecule has 1 aromatic rings. The lowest BCUT2D eigenvalue weighted by Gasteiger charge is -2.37. The first-order chi connectivity index (χ1) is 13.1. The fourth-order valence-electron chi connectivity index (χ4n) is 5.33. The molecule has 0 atom stereocenters. The first kappa shape index (κ1) is 21.4. The van der Waals surface area contributed by atoms with Crippen LogP contribution < -0.4 is 0 Å². The second-order valence-electron chi connectivity index (χ2n) is 9.14. The molecule has 3 aliphatic rings. The molecule has 4 rings (SSSR count). The number of carbonyl (C=O) groups is 1. The number of hydrogen-bond acceptors (Lipinski definition) is 5. The molecule has 0 amide bonds. The van der Waals surface area contributed by atoms with Crippen LogP contribution in [-0.4, -0.2) is 47.5 Å². The molecule has 2 heterocycles. The molecule has 1 N–H and O–H groups in total. The van der Waals surface area contributed by atoms with E-state index in [0.717, 1.165) is 51.0 Å². The van der Waals surface area contributed by atoms with Gasteiger partial charge in [-0.05, 0) is 54.6 Å². The van der Waals surface area contributed by atoms with Crippen LogP contribution in [0.2, 0.25) is 0 Å². The Morgan fingerprint density at radius 2 is 1.82 bits per heavy atom. The van der Waals surface area contributed by atoms with E-state index in [1.54, 1.807) is 0 Å². The maximum Gasteiger partial charge on any atom is 0.265 e. The smallest absolute Gasteiger partial charge is 0.265 e. The first-order valence-corrected chi connectivity index (χ1v) is 11.8. The molecule has 1 aromatic heterocycles. The minimum absolute atomic E-state index is 0.0382. The molecular weight excluding hydrogens is 376 g/mol. The standard InChI is InChI=1S/C11H14N2O.C10H18O3S/c14-11-4-7-13(8-5-11)9-10-3-1-2-6-12-10;1-9(2)8-3-5-10(9,6-4-8)7-14(11,12)13/h1-3,6H,4-5,7-9H2;8H,3-7H2,1-2H3,(H,11,12,13). The first-order valence-electron chi connectivity index (χ1n) is 10.2. The largest absolute Gasteiger partial charge is 0.300 e. The van der Waals surface area contributed by atoms with Crippen molar-refractivity contribution in [2.75, 3.05) is 18.8 Å². The number of hydrogen-bond donors (Lipinski definition) is 1. The third kappa shape index (κ3) is 4.81. The third-order valence-electron chi connectivity index (χ3n) is 7.31. The normalized spacial score (nSPS) is 29.4. The van der Waals surface area contributed by atoms with Gasteiger partial charge in [0.25, 0.3) is 10.1 Å². The molecular formula is C21H32N2O4S. The summed E-state index contributed by atoms with van der Waals surface area (Å²) >= 11 is 0. The van der Waals surface area contributed by atoms with Gasteiger partial charge in [-0.15, -0.1) is 0 Å². The summed E-state index contributed by atoms with van der Waals surface area (Å²) in [4.78, 5) is 17.6. The van der Waals surface area contributed by atoms with Gasteiger partial charge in [-0.2, -0.15) is 8.42 Å². The minimum Gasteiger partial charge on any atom is -0.300 e. The lowest BCUT2D eigenvalue weighted by atomic mass is 9.71. The van der Waals surface area contributed by atoms with Crippen molar-refractivity contribution in [1.82, 2.24) is 9.88 Å². The monoisotopic (exact) mass is 408 g/mol. The van der Waals surface area contributed by atoms with Crippen molar-refractivity contribution >= 4 is 15.9 Å². The predicted molar refractivity (Wildman–Crippen MR) is 108 cm³/mol. The predicted octanol–water partition coefficient (Wildman–Crippen LogP) is 3.34. The van der Waals surface area contributed by atoms with Crippen LogP contribution in [0.3, 0.4) is 0 Å². The molecule has 28 heavy (non-hydrogen) atoms. The average Bonchev–Trinajstić information content (AvgIpc) is 3.00. The summed E-state index contributed by atoms with van der Waals surface area (Å²) in [5, 5.41) is 0. The van der Waals surface area contributed by atoms with E-state index in [1.165, 1.54) is 0 Å². The van der Waals surface area contributed by atoms with Gasteiger partial charge in [-0.3, -0.25) is 19.2 Å². The molecule has 3 fully saturated rings. The highest BCUT2D eigenvalue weighted by molar-refractivity contribution is 7.85. The van der Waals surface area contributed by atoms with Crippen molar-refractivity contribution in [3.05, 3.63) is 30.1 Å². The van der Waals surface area contributed by atoms with E-state index in [2.05, 4.69) is 23.7 Å². The number of likely N-dealkylation sites (tertiary alicyclic amines) is 1. The number of rotatable bonds is 4. The van der Waals surface area contributed by atoms with Crippen LogP contribution in [0.5, 0.6) is 0 Å². The van der Waals surface area contributed by atoms with Gasteiger partial charge in [0, 0.05) is 38.7 Å². The van der Waals surface area contributed by atoms with E-state index in [9.17, 15) is 13.2 Å². The highest BCUT2D eigenvalue weighted by atomic mass is 32.2. The topological polar surface area (TPSA) is 87.6 Å². The zero-order valence-corrected chi connectivity index (χ0v) is 17.7.